The van der Waals surface area contributed by atoms with Crippen LogP contribution in [0, 0.1) is 5.82 Å². The van der Waals surface area contributed by atoms with Gasteiger partial charge in [0.2, 0.25) is 0 Å². The number of anilines is 2. The van der Waals surface area contributed by atoms with Gasteiger partial charge >= 0.3 is 0 Å². The Morgan fingerprint density at radius 3 is 2.82 bits per heavy atom. The van der Waals surface area contributed by atoms with Crippen molar-refractivity contribution in [1.82, 2.24) is 0 Å². The summed E-state index contributed by atoms with van der Waals surface area (Å²) in [5, 5.41) is 0.0805. The zero-order valence-electron chi connectivity index (χ0n) is 9.96. The van der Waals surface area contributed by atoms with Crippen molar-refractivity contribution in [2.24, 2.45) is 0 Å². The SMILES string of the molecule is CC1(C)CN(c2cc(F)c(Cl)cc2N)CCS1. The van der Waals surface area contributed by atoms with E-state index in [9.17, 15) is 4.39 Å². The molecule has 1 aromatic rings. The molecule has 2 N–H and O–H groups in total. The number of thioether (sulfide) groups is 1. The minimum Gasteiger partial charge on any atom is -0.397 e. The van der Waals surface area contributed by atoms with Crippen LogP contribution in [0.1, 0.15) is 13.8 Å². The van der Waals surface area contributed by atoms with Crippen molar-refractivity contribution in [3.63, 3.8) is 0 Å². The summed E-state index contributed by atoms with van der Waals surface area (Å²) in [5.74, 6) is 0.614. The normalized spacial score (nSPS) is 19.4. The van der Waals surface area contributed by atoms with Gasteiger partial charge in [0.05, 0.1) is 16.4 Å². The van der Waals surface area contributed by atoms with Crippen LogP contribution in [0.25, 0.3) is 0 Å². The molecule has 0 unspecified atom stereocenters. The van der Waals surface area contributed by atoms with E-state index in [1.54, 1.807) is 0 Å². The lowest BCUT2D eigenvalue weighted by Crippen LogP contribution is -2.43. The van der Waals surface area contributed by atoms with Crippen LogP contribution in [-0.4, -0.2) is 23.6 Å². The molecule has 0 amide bonds. The summed E-state index contributed by atoms with van der Waals surface area (Å²) >= 11 is 7.63. The zero-order chi connectivity index (χ0) is 12.6. The van der Waals surface area contributed by atoms with E-state index in [0.717, 1.165) is 24.5 Å². The molecule has 1 aromatic carbocycles. The molecule has 1 fully saturated rings. The van der Waals surface area contributed by atoms with Gasteiger partial charge in [0.1, 0.15) is 5.82 Å². The highest BCUT2D eigenvalue weighted by molar-refractivity contribution is 8.00. The van der Waals surface area contributed by atoms with Crippen LogP contribution >= 0.6 is 23.4 Å². The molecule has 5 heteroatoms. The molecule has 1 heterocycles. The van der Waals surface area contributed by atoms with Crippen molar-refractivity contribution < 1.29 is 4.39 Å². The van der Waals surface area contributed by atoms with Gasteiger partial charge in [0.15, 0.2) is 0 Å². The average Bonchev–Trinajstić information content (AvgIpc) is 2.22. The molecular weight excluding hydrogens is 259 g/mol. The van der Waals surface area contributed by atoms with E-state index in [0.29, 0.717) is 5.69 Å². The highest BCUT2D eigenvalue weighted by atomic mass is 35.5. The summed E-state index contributed by atoms with van der Waals surface area (Å²) in [5.41, 5.74) is 7.20. The summed E-state index contributed by atoms with van der Waals surface area (Å²) in [4.78, 5) is 2.13. The van der Waals surface area contributed by atoms with Gasteiger partial charge in [-0.25, -0.2) is 4.39 Å². The molecule has 1 aliphatic rings. The molecule has 1 aliphatic heterocycles. The van der Waals surface area contributed by atoms with E-state index in [2.05, 4.69) is 18.7 Å². The minimum atomic E-state index is -0.410. The number of hydrogen-bond acceptors (Lipinski definition) is 3. The molecule has 17 heavy (non-hydrogen) atoms. The lowest BCUT2D eigenvalue weighted by Gasteiger charge is -2.39. The maximum atomic E-state index is 13.5. The van der Waals surface area contributed by atoms with Crippen molar-refractivity contribution in [2.45, 2.75) is 18.6 Å². The summed E-state index contributed by atoms with van der Waals surface area (Å²) < 4.78 is 13.7. The van der Waals surface area contributed by atoms with Gasteiger partial charge < -0.3 is 10.6 Å². The van der Waals surface area contributed by atoms with Crippen LogP contribution in [0.3, 0.4) is 0 Å². The van der Waals surface area contributed by atoms with Gasteiger partial charge in [-0.1, -0.05) is 11.6 Å². The molecular formula is C12H16ClFN2S. The van der Waals surface area contributed by atoms with E-state index >= 15 is 0 Å². The highest BCUT2D eigenvalue weighted by Crippen LogP contribution is 2.36. The predicted octanol–water partition coefficient (Wildman–Crippen LogP) is 3.39. The smallest absolute Gasteiger partial charge is 0.144 e. The van der Waals surface area contributed by atoms with Crippen molar-refractivity contribution >= 4 is 34.7 Å². The summed E-state index contributed by atoms with van der Waals surface area (Å²) in [6.45, 7) is 6.13. The number of nitrogens with zero attached hydrogens (tertiary/aromatic N) is 1. The first-order valence-corrected chi connectivity index (χ1v) is 6.89. The molecule has 0 saturated carbocycles. The number of nitrogen functional groups attached to an aromatic ring is 1. The van der Waals surface area contributed by atoms with Gasteiger partial charge in [-0.3, -0.25) is 0 Å². The summed E-state index contributed by atoms with van der Waals surface area (Å²) in [6.07, 6.45) is 0. The number of hydrogen-bond donors (Lipinski definition) is 1. The first-order chi connectivity index (χ1) is 7.89. The number of halogens is 2. The van der Waals surface area contributed by atoms with Gasteiger partial charge in [0, 0.05) is 29.7 Å². The van der Waals surface area contributed by atoms with Crippen LogP contribution in [0.15, 0.2) is 12.1 Å². The molecule has 0 aromatic heterocycles. The molecule has 94 valence electrons. The Balaban J connectivity index is 2.31. The third-order valence-corrected chi connectivity index (χ3v) is 4.42. The molecule has 0 aliphatic carbocycles. The van der Waals surface area contributed by atoms with Crippen molar-refractivity contribution in [1.29, 1.82) is 0 Å². The lowest BCUT2D eigenvalue weighted by molar-refractivity contribution is 0.620. The number of nitrogens with two attached hydrogens (primary N) is 1. The summed E-state index contributed by atoms with van der Waals surface area (Å²) in [6, 6.07) is 2.92. The van der Waals surface area contributed by atoms with E-state index in [1.165, 1.54) is 12.1 Å². The van der Waals surface area contributed by atoms with Crippen LogP contribution in [0.4, 0.5) is 15.8 Å². The maximum Gasteiger partial charge on any atom is 0.144 e. The van der Waals surface area contributed by atoms with E-state index < -0.39 is 5.82 Å². The van der Waals surface area contributed by atoms with Gasteiger partial charge in [-0.2, -0.15) is 11.8 Å². The quantitative estimate of drug-likeness (QED) is 0.796. The molecule has 0 atom stereocenters. The molecule has 0 radical (unpaired) electrons. The van der Waals surface area contributed by atoms with Gasteiger partial charge in [-0.05, 0) is 19.9 Å². The second-order valence-corrected chi connectivity index (χ2v) is 7.06. The maximum absolute atomic E-state index is 13.5. The monoisotopic (exact) mass is 274 g/mol. The molecule has 0 bridgehead atoms. The Bertz CT molecular complexity index is 437. The number of benzene rings is 1. The molecule has 0 spiro atoms. The molecule has 1 saturated heterocycles. The van der Waals surface area contributed by atoms with E-state index in [4.69, 9.17) is 17.3 Å². The topological polar surface area (TPSA) is 29.3 Å². The second-order valence-electron chi connectivity index (χ2n) is 4.85. The van der Waals surface area contributed by atoms with Crippen LogP contribution in [0.2, 0.25) is 5.02 Å². The fourth-order valence-corrected chi connectivity index (χ4v) is 3.33. The van der Waals surface area contributed by atoms with E-state index in [-0.39, 0.29) is 9.77 Å². The fourth-order valence-electron chi connectivity index (χ4n) is 2.05. The molecule has 2 nitrogen and oxygen atoms in total. The van der Waals surface area contributed by atoms with Crippen molar-refractivity contribution in [3.8, 4) is 0 Å². The standard InChI is InChI=1S/C12H16ClFN2S/c1-12(2)7-16(3-4-17-12)11-6-9(14)8(13)5-10(11)15/h5-6H,3-4,7,15H2,1-2H3. The Labute approximate surface area is 110 Å². The largest absolute Gasteiger partial charge is 0.397 e. The summed E-state index contributed by atoms with van der Waals surface area (Å²) in [7, 11) is 0. The van der Waals surface area contributed by atoms with Gasteiger partial charge in [-0.15, -0.1) is 0 Å². The second kappa shape index (κ2) is 4.58. The first kappa shape index (κ1) is 12.8. The van der Waals surface area contributed by atoms with E-state index in [1.807, 2.05) is 11.8 Å². The minimum absolute atomic E-state index is 0.0805. The Morgan fingerprint density at radius 1 is 1.47 bits per heavy atom. The van der Waals surface area contributed by atoms with Crippen LogP contribution in [0.5, 0.6) is 0 Å². The average molecular weight is 275 g/mol. The Morgan fingerprint density at radius 2 is 2.18 bits per heavy atom. The fraction of sp³-hybridized carbons (Fsp3) is 0.500. The van der Waals surface area contributed by atoms with Crippen molar-refractivity contribution in [3.05, 3.63) is 23.0 Å². The number of rotatable bonds is 1. The first-order valence-electron chi connectivity index (χ1n) is 5.52. The van der Waals surface area contributed by atoms with Crippen LogP contribution in [-0.2, 0) is 0 Å². The predicted molar refractivity (Wildman–Crippen MR) is 74.6 cm³/mol. The Hall–Kier alpha value is -0.610. The molecule has 2 rings (SSSR count). The highest BCUT2D eigenvalue weighted by Gasteiger charge is 2.28. The third kappa shape index (κ3) is 2.80. The lowest BCUT2D eigenvalue weighted by atomic mass is 10.1. The third-order valence-electron chi connectivity index (χ3n) is 2.84. The Kier molecular flexibility index (Phi) is 3.46. The van der Waals surface area contributed by atoms with Gasteiger partial charge in [0.25, 0.3) is 0 Å². The van der Waals surface area contributed by atoms with Crippen LogP contribution < -0.4 is 10.6 Å². The van der Waals surface area contributed by atoms with Crippen molar-refractivity contribution in [2.75, 3.05) is 29.5 Å². The zero-order valence-corrected chi connectivity index (χ0v) is 11.5.